The molecule has 1 atom stereocenters. The van der Waals surface area contributed by atoms with E-state index in [1.54, 1.807) is 24.3 Å². The SMILES string of the molecule is CCCCCCCCC1CCN(c2ccccc2-c2ccc(C(=O)Oc3ccc(C(=O)O[C@H](C)CCCCCC)cc3)cc2)CC1. The minimum absolute atomic E-state index is 0.122. The van der Waals surface area contributed by atoms with Gasteiger partial charge in [0.25, 0.3) is 0 Å². The Morgan fingerprint density at radius 2 is 1.30 bits per heavy atom. The third-order valence-corrected chi connectivity index (χ3v) is 9.33. The van der Waals surface area contributed by atoms with E-state index in [1.807, 2.05) is 31.2 Å². The topological polar surface area (TPSA) is 55.8 Å². The Morgan fingerprint density at radius 1 is 0.717 bits per heavy atom. The standard InChI is InChI=1S/C41H55NO4/c1-4-6-8-10-11-13-17-33-28-30-42(31-29-33)39-19-15-14-18-38(39)34-20-22-35(23-21-34)41(44)46-37-26-24-36(25-27-37)40(43)45-32(3)16-12-9-7-5-2/h14-15,18-27,32-33H,4-13,16-17,28-31H2,1-3H3/t32-/m1/s1. The van der Waals surface area contributed by atoms with Gasteiger partial charge >= 0.3 is 11.9 Å². The van der Waals surface area contributed by atoms with Crippen LogP contribution in [0.15, 0.2) is 72.8 Å². The second-order valence-corrected chi connectivity index (χ2v) is 13.1. The zero-order valence-electron chi connectivity index (χ0n) is 28.5. The van der Waals surface area contributed by atoms with Gasteiger partial charge in [-0.25, -0.2) is 9.59 Å². The van der Waals surface area contributed by atoms with E-state index in [0.29, 0.717) is 16.9 Å². The highest BCUT2D eigenvalue weighted by Gasteiger charge is 2.21. The first-order valence-electron chi connectivity index (χ1n) is 18.0. The summed E-state index contributed by atoms with van der Waals surface area (Å²) < 4.78 is 11.2. The lowest BCUT2D eigenvalue weighted by molar-refractivity contribution is 0.0319. The quantitative estimate of drug-likeness (QED) is 0.0800. The summed E-state index contributed by atoms with van der Waals surface area (Å²) in [4.78, 5) is 28.0. The van der Waals surface area contributed by atoms with Crippen molar-refractivity contribution in [2.45, 2.75) is 117 Å². The molecule has 0 radical (unpaired) electrons. The second-order valence-electron chi connectivity index (χ2n) is 13.1. The van der Waals surface area contributed by atoms with Crippen molar-refractivity contribution >= 4 is 17.6 Å². The molecule has 0 spiro atoms. The minimum atomic E-state index is -0.428. The van der Waals surface area contributed by atoms with Gasteiger partial charge in [0.05, 0.1) is 17.2 Å². The molecule has 1 heterocycles. The molecule has 3 aromatic carbocycles. The van der Waals surface area contributed by atoms with Crippen LogP contribution in [0.2, 0.25) is 0 Å². The van der Waals surface area contributed by atoms with Crippen LogP contribution < -0.4 is 9.64 Å². The van der Waals surface area contributed by atoms with E-state index in [2.05, 4.69) is 43.0 Å². The summed E-state index contributed by atoms with van der Waals surface area (Å²) in [5.74, 6) is 0.458. The van der Waals surface area contributed by atoms with E-state index in [4.69, 9.17) is 9.47 Å². The maximum Gasteiger partial charge on any atom is 0.343 e. The molecule has 0 amide bonds. The minimum Gasteiger partial charge on any atom is -0.459 e. The Labute approximate surface area is 277 Å². The average molecular weight is 626 g/mol. The number of piperidine rings is 1. The normalized spacial score (nSPS) is 14.2. The van der Waals surface area contributed by atoms with Gasteiger partial charge in [-0.05, 0) is 86.6 Å². The third-order valence-electron chi connectivity index (χ3n) is 9.33. The maximum atomic E-state index is 12.9. The highest BCUT2D eigenvalue weighted by atomic mass is 16.5. The van der Waals surface area contributed by atoms with Gasteiger partial charge < -0.3 is 14.4 Å². The van der Waals surface area contributed by atoms with Crippen LogP contribution in [0.3, 0.4) is 0 Å². The van der Waals surface area contributed by atoms with Crippen LogP contribution in [0.25, 0.3) is 11.1 Å². The van der Waals surface area contributed by atoms with Crippen molar-refractivity contribution in [3.05, 3.63) is 83.9 Å². The summed E-state index contributed by atoms with van der Waals surface area (Å²) in [7, 11) is 0. The van der Waals surface area contributed by atoms with E-state index in [1.165, 1.54) is 81.9 Å². The molecule has 1 fully saturated rings. The van der Waals surface area contributed by atoms with Gasteiger partial charge in [0.2, 0.25) is 0 Å². The van der Waals surface area contributed by atoms with Crippen molar-refractivity contribution in [3.63, 3.8) is 0 Å². The molecule has 0 aliphatic carbocycles. The third kappa shape index (κ3) is 11.0. The summed E-state index contributed by atoms with van der Waals surface area (Å²) in [6.07, 6.45) is 17.5. The Hall–Kier alpha value is -3.60. The number of carbonyl (C=O) groups is 2. The number of hydrogen-bond acceptors (Lipinski definition) is 5. The van der Waals surface area contributed by atoms with Gasteiger partial charge in [0.1, 0.15) is 5.75 Å². The fourth-order valence-corrected chi connectivity index (χ4v) is 6.45. The number of anilines is 1. The van der Waals surface area contributed by atoms with Crippen molar-refractivity contribution in [1.82, 2.24) is 0 Å². The smallest absolute Gasteiger partial charge is 0.343 e. The second kappa shape index (κ2) is 19.2. The molecular formula is C41H55NO4. The van der Waals surface area contributed by atoms with E-state index >= 15 is 0 Å². The number of benzene rings is 3. The van der Waals surface area contributed by atoms with Gasteiger partial charge in [-0.15, -0.1) is 0 Å². The monoisotopic (exact) mass is 625 g/mol. The first-order valence-corrected chi connectivity index (χ1v) is 18.0. The van der Waals surface area contributed by atoms with E-state index in [9.17, 15) is 9.59 Å². The number of para-hydroxylation sites is 1. The summed E-state index contributed by atoms with van der Waals surface area (Å²) in [5.41, 5.74) is 4.47. The molecule has 46 heavy (non-hydrogen) atoms. The molecule has 1 saturated heterocycles. The maximum absolute atomic E-state index is 12.9. The highest BCUT2D eigenvalue weighted by Crippen LogP contribution is 2.34. The van der Waals surface area contributed by atoms with Crippen LogP contribution in [-0.2, 0) is 4.74 Å². The molecule has 0 saturated carbocycles. The highest BCUT2D eigenvalue weighted by molar-refractivity contribution is 5.93. The number of nitrogens with zero attached hydrogens (tertiary/aromatic N) is 1. The van der Waals surface area contributed by atoms with Crippen LogP contribution in [-0.4, -0.2) is 31.1 Å². The molecule has 248 valence electrons. The lowest BCUT2D eigenvalue weighted by Crippen LogP contribution is -2.34. The van der Waals surface area contributed by atoms with Crippen molar-refractivity contribution in [1.29, 1.82) is 0 Å². The van der Waals surface area contributed by atoms with E-state index in [-0.39, 0.29) is 12.1 Å². The number of unbranched alkanes of at least 4 members (excludes halogenated alkanes) is 8. The lowest BCUT2D eigenvalue weighted by Gasteiger charge is -2.35. The summed E-state index contributed by atoms with van der Waals surface area (Å²) in [6, 6.07) is 22.8. The predicted molar refractivity (Wildman–Crippen MR) is 190 cm³/mol. The largest absolute Gasteiger partial charge is 0.459 e. The summed E-state index contributed by atoms with van der Waals surface area (Å²) >= 11 is 0. The lowest BCUT2D eigenvalue weighted by atomic mass is 9.90. The average Bonchev–Trinajstić information content (AvgIpc) is 3.09. The van der Waals surface area contributed by atoms with Crippen molar-refractivity contribution in [3.8, 4) is 16.9 Å². The van der Waals surface area contributed by atoms with Crippen molar-refractivity contribution in [2.24, 2.45) is 5.92 Å². The molecule has 1 aliphatic heterocycles. The molecule has 5 nitrogen and oxygen atoms in total. The zero-order valence-corrected chi connectivity index (χ0v) is 28.5. The van der Waals surface area contributed by atoms with Gasteiger partial charge in [0.15, 0.2) is 0 Å². The molecule has 4 rings (SSSR count). The Balaban J connectivity index is 1.27. The van der Waals surface area contributed by atoms with Crippen LogP contribution >= 0.6 is 0 Å². The Morgan fingerprint density at radius 3 is 2.00 bits per heavy atom. The fourth-order valence-electron chi connectivity index (χ4n) is 6.45. The molecule has 3 aromatic rings. The first-order chi connectivity index (χ1) is 22.5. The van der Waals surface area contributed by atoms with Gasteiger partial charge in [-0.2, -0.15) is 0 Å². The van der Waals surface area contributed by atoms with Crippen LogP contribution in [0, 0.1) is 5.92 Å². The molecule has 0 unspecified atom stereocenters. The Bertz CT molecular complexity index is 1330. The zero-order chi connectivity index (χ0) is 32.6. The molecule has 1 aliphatic rings. The van der Waals surface area contributed by atoms with Crippen molar-refractivity contribution in [2.75, 3.05) is 18.0 Å². The number of hydrogen-bond donors (Lipinski definition) is 0. The number of carbonyl (C=O) groups excluding carboxylic acids is 2. The van der Waals surface area contributed by atoms with E-state index < -0.39 is 5.97 Å². The van der Waals surface area contributed by atoms with E-state index in [0.717, 1.165) is 43.8 Å². The number of ether oxygens (including phenoxy) is 2. The summed E-state index contributed by atoms with van der Waals surface area (Å²) in [5, 5.41) is 0. The first kappa shape index (κ1) is 35.3. The van der Waals surface area contributed by atoms with Crippen molar-refractivity contribution < 1.29 is 19.1 Å². The number of esters is 2. The molecule has 0 N–H and O–H groups in total. The molecule has 5 heteroatoms. The predicted octanol–water partition coefficient (Wildman–Crippen LogP) is 11.1. The molecule has 0 bridgehead atoms. The fraction of sp³-hybridized carbons (Fsp3) is 0.512. The van der Waals surface area contributed by atoms with Gasteiger partial charge in [-0.3, -0.25) is 0 Å². The molecule has 0 aromatic heterocycles. The van der Waals surface area contributed by atoms with Crippen LogP contribution in [0.5, 0.6) is 5.75 Å². The van der Waals surface area contributed by atoms with Crippen LogP contribution in [0.1, 0.15) is 131 Å². The Kier molecular flexibility index (Phi) is 14.7. The molecular weight excluding hydrogens is 570 g/mol. The van der Waals surface area contributed by atoms with Crippen LogP contribution in [0.4, 0.5) is 5.69 Å². The van der Waals surface area contributed by atoms with Gasteiger partial charge in [-0.1, -0.05) is 108 Å². The number of rotatable bonds is 18. The summed E-state index contributed by atoms with van der Waals surface area (Å²) in [6.45, 7) is 8.58. The van der Waals surface area contributed by atoms with Gasteiger partial charge in [0, 0.05) is 24.3 Å².